The minimum atomic E-state index is 0.484. The van der Waals surface area contributed by atoms with E-state index < -0.39 is 0 Å². The molecule has 0 amide bonds. The predicted octanol–water partition coefficient (Wildman–Crippen LogP) is 3.18. The van der Waals surface area contributed by atoms with Gasteiger partial charge >= 0.3 is 0 Å². The summed E-state index contributed by atoms with van der Waals surface area (Å²) in [4.78, 5) is 4.34. The molecule has 0 aliphatic heterocycles. The monoisotopic (exact) mass is 339 g/mol. The van der Waals surface area contributed by atoms with Gasteiger partial charge < -0.3 is 10.6 Å². The van der Waals surface area contributed by atoms with E-state index in [0.717, 1.165) is 31.2 Å². The zero-order valence-corrected chi connectivity index (χ0v) is 15.3. The molecular weight excluding hydrogens is 310 g/mol. The quantitative estimate of drug-likeness (QED) is 0.602. The van der Waals surface area contributed by atoms with Gasteiger partial charge in [0.1, 0.15) is 0 Å². The van der Waals surface area contributed by atoms with Crippen LogP contribution in [0.5, 0.6) is 0 Å². The summed E-state index contributed by atoms with van der Waals surface area (Å²) < 4.78 is 1.98. The van der Waals surface area contributed by atoms with E-state index in [0.29, 0.717) is 5.41 Å². The lowest BCUT2D eigenvalue weighted by molar-refractivity contribution is 0.131. The summed E-state index contributed by atoms with van der Waals surface area (Å²) in [6, 6.07) is 10.4. The molecule has 0 spiro atoms. The first-order chi connectivity index (χ1) is 12.2. The first kappa shape index (κ1) is 17.5. The third-order valence-corrected chi connectivity index (χ3v) is 5.35. The zero-order valence-electron chi connectivity index (χ0n) is 15.3. The molecule has 2 N–H and O–H groups in total. The Bertz CT molecular complexity index is 680. The number of benzene rings is 1. The van der Waals surface area contributed by atoms with Crippen molar-refractivity contribution in [3.8, 4) is 0 Å². The number of hydrogen-bond acceptors (Lipinski definition) is 2. The number of nitrogens with zero attached hydrogens (tertiary/aromatic N) is 3. The molecule has 1 aromatic carbocycles. The Morgan fingerprint density at radius 2 is 2.00 bits per heavy atom. The van der Waals surface area contributed by atoms with E-state index >= 15 is 0 Å². The number of nitrogens with one attached hydrogen (secondary N) is 2. The first-order valence-electron chi connectivity index (χ1n) is 9.23. The van der Waals surface area contributed by atoms with Gasteiger partial charge in [-0.25, -0.2) is 0 Å². The fraction of sp³-hybridized carbons (Fsp3) is 0.500. The van der Waals surface area contributed by atoms with Crippen LogP contribution in [0.2, 0.25) is 0 Å². The highest BCUT2D eigenvalue weighted by Gasteiger charge is 2.34. The maximum atomic E-state index is 4.45. The predicted molar refractivity (Wildman–Crippen MR) is 103 cm³/mol. The SMILES string of the molecule is CCC1(CNC(=NC)NCc2cnn(Cc3ccccc3)c2)CCC1. The van der Waals surface area contributed by atoms with E-state index in [1.54, 1.807) is 0 Å². The normalized spacial score (nSPS) is 16.3. The van der Waals surface area contributed by atoms with Gasteiger partial charge in [-0.3, -0.25) is 9.67 Å². The topological polar surface area (TPSA) is 54.2 Å². The van der Waals surface area contributed by atoms with E-state index in [1.165, 1.54) is 31.2 Å². The molecule has 5 heteroatoms. The van der Waals surface area contributed by atoms with Gasteiger partial charge in [-0.1, -0.05) is 43.7 Å². The fourth-order valence-electron chi connectivity index (χ4n) is 3.36. The van der Waals surface area contributed by atoms with Crippen LogP contribution in [0.25, 0.3) is 0 Å². The smallest absolute Gasteiger partial charge is 0.191 e. The van der Waals surface area contributed by atoms with Crippen molar-refractivity contribution in [1.29, 1.82) is 0 Å². The van der Waals surface area contributed by atoms with E-state index in [1.807, 2.05) is 24.0 Å². The summed E-state index contributed by atoms with van der Waals surface area (Å²) in [5.41, 5.74) is 2.90. The maximum absolute atomic E-state index is 4.45. The van der Waals surface area contributed by atoms with Crippen LogP contribution in [0, 0.1) is 5.41 Å². The summed E-state index contributed by atoms with van der Waals surface area (Å²) in [5.74, 6) is 0.871. The number of guanidine groups is 1. The summed E-state index contributed by atoms with van der Waals surface area (Å²) in [7, 11) is 1.83. The molecule has 1 heterocycles. The molecule has 134 valence electrons. The van der Waals surface area contributed by atoms with Crippen molar-refractivity contribution in [2.24, 2.45) is 10.4 Å². The van der Waals surface area contributed by atoms with Gasteiger partial charge in [0.2, 0.25) is 0 Å². The molecule has 2 aromatic rings. The highest BCUT2D eigenvalue weighted by Crippen LogP contribution is 2.42. The molecular formula is C20H29N5. The number of aliphatic imine (C=N–C) groups is 1. The lowest BCUT2D eigenvalue weighted by atomic mass is 9.67. The summed E-state index contributed by atoms with van der Waals surface area (Å²) in [5, 5.41) is 11.3. The number of rotatable bonds is 7. The third-order valence-electron chi connectivity index (χ3n) is 5.35. The van der Waals surface area contributed by atoms with E-state index in [2.05, 4.69) is 58.1 Å². The molecule has 0 unspecified atom stereocenters. The van der Waals surface area contributed by atoms with E-state index in [4.69, 9.17) is 0 Å². The van der Waals surface area contributed by atoms with Crippen LogP contribution in [0.3, 0.4) is 0 Å². The van der Waals surface area contributed by atoms with Crippen LogP contribution in [-0.2, 0) is 13.1 Å². The fourth-order valence-corrected chi connectivity index (χ4v) is 3.36. The van der Waals surface area contributed by atoms with Crippen LogP contribution in [0.15, 0.2) is 47.7 Å². The lowest BCUT2D eigenvalue weighted by Gasteiger charge is -2.41. The summed E-state index contributed by atoms with van der Waals surface area (Å²) in [6.07, 6.45) is 9.28. The first-order valence-corrected chi connectivity index (χ1v) is 9.23. The largest absolute Gasteiger partial charge is 0.356 e. The Morgan fingerprint density at radius 1 is 1.20 bits per heavy atom. The van der Waals surface area contributed by atoms with Gasteiger partial charge in [-0.05, 0) is 30.2 Å². The van der Waals surface area contributed by atoms with Gasteiger partial charge in [-0.15, -0.1) is 0 Å². The Balaban J connectivity index is 1.47. The maximum Gasteiger partial charge on any atom is 0.191 e. The summed E-state index contributed by atoms with van der Waals surface area (Å²) in [6.45, 7) is 4.83. The molecule has 0 atom stereocenters. The van der Waals surface area contributed by atoms with E-state index in [9.17, 15) is 0 Å². The minimum Gasteiger partial charge on any atom is -0.356 e. The van der Waals surface area contributed by atoms with Crippen LogP contribution in [-0.4, -0.2) is 29.3 Å². The molecule has 1 aliphatic carbocycles. The second kappa shape index (κ2) is 8.19. The standard InChI is InChI=1S/C20H29N5/c1-3-20(10-7-11-20)16-23-19(21-2)22-12-18-13-24-25(15-18)14-17-8-5-4-6-9-17/h4-6,8-9,13,15H,3,7,10-12,14,16H2,1-2H3,(H2,21,22,23). The van der Waals surface area contributed by atoms with Crippen molar-refractivity contribution in [2.75, 3.05) is 13.6 Å². The minimum absolute atomic E-state index is 0.484. The van der Waals surface area contributed by atoms with Gasteiger partial charge in [0.15, 0.2) is 5.96 Å². The van der Waals surface area contributed by atoms with Crippen molar-refractivity contribution < 1.29 is 0 Å². The molecule has 1 aromatic heterocycles. The average Bonchev–Trinajstić information content (AvgIpc) is 3.05. The van der Waals surface area contributed by atoms with Gasteiger partial charge in [0.05, 0.1) is 12.7 Å². The molecule has 3 rings (SSSR count). The molecule has 1 aliphatic rings. The summed E-state index contributed by atoms with van der Waals surface area (Å²) >= 11 is 0. The molecule has 25 heavy (non-hydrogen) atoms. The Morgan fingerprint density at radius 3 is 2.64 bits per heavy atom. The number of aromatic nitrogens is 2. The van der Waals surface area contributed by atoms with Crippen molar-refractivity contribution in [3.05, 3.63) is 53.9 Å². The second-order valence-corrected chi connectivity index (χ2v) is 7.02. The van der Waals surface area contributed by atoms with Crippen molar-refractivity contribution in [3.63, 3.8) is 0 Å². The van der Waals surface area contributed by atoms with Crippen molar-refractivity contribution >= 4 is 5.96 Å². The lowest BCUT2D eigenvalue weighted by Crippen LogP contribution is -2.46. The zero-order chi connectivity index (χ0) is 17.5. The Labute approximate surface area is 150 Å². The molecule has 1 fully saturated rings. The van der Waals surface area contributed by atoms with E-state index in [-0.39, 0.29) is 0 Å². The molecule has 0 radical (unpaired) electrons. The average molecular weight is 339 g/mol. The van der Waals surface area contributed by atoms with Crippen LogP contribution in [0.4, 0.5) is 0 Å². The molecule has 5 nitrogen and oxygen atoms in total. The second-order valence-electron chi connectivity index (χ2n) is 7.02. The molecule has 0 bridgehead atoms. The number of hydrogen-bond donors (Lipinski definition) is 2. The van der Waals surface area contributed by atoms with Crippen LogP contribution < -0.4 is 10.6 Å². The van der Waals surface area contributed by atoms with Crippen molar-refractivity contribution in [1.82, 2.24) is 20.4 Å². The Kier molecular flexibility index (Phi) is 5.74. The Hall–Kier alpha value is -2.30. The molecule has 0 saturated heterocycles. The van der Waals surface area contributed by atoms with Crippen LogP contribution >= 0.6 is 0 Å². The van der Waals surface area contributed by atoms with Crippen molar-refractivity contribution in [2.45, 2.75) is 45.7 Å². The van der Waals surface area contributed by atoms with Crippen LogP contribution in [0.1, 0.15) is 43.7 Å². The highest BCUT2D eigenvalue weighted by atomic mass is 15.3. The highest BCUT2D eigenvalue weighted by molar-refractivity contribution is 5.79. The third kappa shape index (κ3) is 4.62. The van der Waals surface area contributed by atoms with Gasteiger partial charge in [-0.2, -0.15) is 5.10 Å². The van der Waals surface area contributed by atoms with Gasteiger partial charge in [0, 0.05) is 31.9 Å². The molecule has 1 saturated carbocycles. The van der Waals surface area contributed by atoms with Gasteiger partial charge in [0.25, 0.3) is 0 Å².